The summed E-state index contributed by atoms with van der Waals surface area (Å²) in [6.45, 7) is 3.97. The van der Waals surface area contributed by atoms with Crippen molar-refractivity contribution in [3.63, 3.8) is 0 Å². The quantitative estimate of drug-likeness (QED) is 0.443. The molecule has 0 saturated heterocycles. The van der Waals surface area contributed by atoms with Crippen molar-refractivity contribution < 1.29 is 17.2 Å². The highest BCUT2D eigenvalue weighted by molar-refractivity contribution is 6.08. The average Bonchev–Trinajstić information content (AvgIpc) is 3.05. The molecule has 0 aliphatic heterocycles. The van der Waals surface area contributed by atoms with Crippen LogP contribution >= 0.6 is 0 Å². The standard InChI is InChI=1S/C24H27N2O/c1-14(2)11-18-13-26(6)21(12-16(18)4)22-15(3)7-9-19-20-10-8-17(5)25-24(20)27-23(19)22/h7-10,12-14H,11H2,1-6H3/q+1/i1D3,11D2,14D. The second-order valence-corrected chi connectivity index (χ2v) is 7.16. The zero-order valence-corrected chi connectivity index (χ0v) is 16.3. The summed E-state index contributed by atoms with van der Waals surface area (Å²) in [7, 11) is 1.79. The van der Waals surface area contributed by atoms with Crippen LogP contribution in [0.4, 0.5) is 0 Å². The van der Waals surface area contributed by atoms with Crippen molar-refractivity contribution in [1.29, 1.82) is 0 Å². The van der Waals surface area contributed by atoms with Crippen molar-refractivity contribution in [2.24, 2.45) is 12.9 Å². The molecule has 27 heavy (non-hydrogen) atoms. The lowest BCUT2D eigenvalue weighted by Crippen LogP contribution is -2.32. The van der Waals surface area contributed by atoms with Crippen LogP contribution in [0.1, 0.15) is 44.4 Å². The number of aryl methyl sites for hydroxylation is 4. The highest BCUT2D eigenvalue weighted by Crippen LogP contribution is 2.36. The van der Waals surface area contributed by atoms with Gasteiger partial charge in [-0.3, -0.25) is 0 Å². The molecule has 0 N–H and O–H groups in total. The van der Waals surface area contributed by atoms with Crippen LogP contribution in [0.5, 0.6) is 0 Å². The Morgan fingerprint density at radius 3 is 2.74 bits per heavy atom. The molecule has 3 aromatic heterocycles. The van der Waals surface area contributed by atoms with Crippen molar-refractivity contribution in [1.82, 2.24) is 4.98 Å². The van der Waals surface area contributed by atoms with Gasteiger partial charge < -0.3 is 4.42 Å². The highest BCUT2D eigenvalue weighted by Gasteiger charge is 2.22. The van der Waals surface area contributed by atoms with Crippen LogP contribution in [0.3, 0.4) is 0 Å². The molecule has 3 heteroatoms. The van der Waals surface area contributed by atoms with E-state index in [0.29, 0.717) is 16.9 Å². The van der Waals surface area contributed by atoms with Crippen molar-refractivity contribution in [3.8, 4) is 11.3 Å². The summed E-state index contributed by atoms with van der Waals surface area (Å²) in [6.07, 6.45) is -0.812. The maximum Gasteiger partial charge on any atom is 0.227 e. The van der Waals surface area contributed by atoms with E-state index in [0.717, 1.165) is 40.2 Å². The Labute approximate surface area is 169 Å². The Bertz CT molecular complexity index is 1400. The normalized spacial score (nSPS) is 18.3. The lowest BCUT2D eigenvalue weighted by molar-refractivity contribution is -0.660. The van der Waals surface area contributed by atoms with Gasteiger partial charge >= 0.3 is 0 Å². The van der Waals surface area contributed by atoms with E-state index in [9.17, 15) is 0 Å². The van der Waals surface area contributed by atoms with Crippen molar-refractivity contribution in [2.75, 3.05) is 0 Å². The molecule has 4 rings (SSSR count). The third kappa shape index (κ3) is 3.01. The zero-order chi connectivity index (χ0) is 24.5. The van der Waals surface area contributed by atoms with E-state index in [1.165, 1.54) is 0 Å². The number of hydrogen-bond acceptors (Lipinski definition) is 2. The largest absolute Gasteiger partial charge is 0.437 e. The molecular formula is C24H27N2O+. The third-order valence-corrected chi connectivity index (χ3v) is 4.91. The van der Waals surface area contributed by atoms with Gasteiger partial charge in [0.05, 0.1) is 5.56 Å². The molecule has 3 heterocycles. The fraction of sp³-hybridized carbons (Fsp3) is 0.333. The smallest absolute Gasteiger partial charge is 0.227 e. The van der Waals surface area contributed by atoms with Crippen LogP contribution < -0.4 is 4.57 Å². The van der Waals surface area contributed by atoms with E-state index >= 15 is 0 Å². The molecule has 4 aromatic rings. The summed E-state index contributed by atoms with van der Waals surface area (Å²) in [5.74, 6) is -2.32. The van der Waals surface area contributed by atoms with Crippen LogP contribution in [0.2, 0.25) is 0 Å². The van der Waals surface area contributed by atoms with Gasteiger partial charge in [0.15, 0.2) is 11.8 Å². The SMILES string of the molecule is [2H]C([2H])([2H])C([2H])(C)C([2H])([2H])c1c[n+](C)c(-c2c(C)ccc3c2oc2nc(C)ccc23)cc1C. The van der Waals surface area contributed by atoms with E-state index in [4.69, 9.17) is 12.6 Å². The van der Waals surface area contributed by atoms with Gasteiger partial charge in [-0.1, -0.05) is 25.9 Å². The first-order valence-corrected chi connectivity index (χ1v) is 8.97. The number of benzene rings is 1. The molecule has 1 atom stereocenters. The lowest BCUT2D eigenvalue weighted by atomic mass is 9.96. The number of nitrogens with zero attached hydrogens (tertiary/aromatic N) is 2. The Morgan fingerprint density at radius 1 is 1.19 bits per heavy atom. The Kier molecular flexibility index (Phi) is 2.86. The van der Waals surface area contributed by atoms with Gasteiger partial charge in [-0.25, -0.2) is 9.55 Å². The van der Waals surface area contributed by atoms with E-state index in [1.807, 2.05) is 44.2 Å². The molecule has 0 aliphatic carbocycles. The van der Waals surface area contributed by atoms with Crippen LogP contribution in [-0.2, 0) is 13.4 Å². The molecule has 138 valence electrons. The predicted molar refractivity (Wildman–Crippen MR) is 111 cm³/mol. The summed E-state index contributed by atoms with van der Waals surface area (Å²) >= 11 is 0. The molecular weight excluding hydrogens is 332 g/mol. The lowest BCUT2D eigenvalue weighted by Gasteiger charge is -2.11. The van der Waals surface area contributed by atoms with Crippen LogP contribution in [-0.4, -0.2) is 4.98 Å². The second kappa shape index (κ2) is 6.49. The summed E-state index contributed by atoms with van der Waals surface area (Å²) < 4.78 is 56.6. The number of furan rings is 1. The first-order valence-electron chi connectivity index (χ1n) is 12.0. The fourth-order valence-electron chi connectivity index (χ4n) is 3.56. The second-order valence-electron chi connectivity index (χ2n) is 7.16. The minimum Gasteiger partial charge on any atom is -0.437 e. The minimum atomic E-state index is -2.79. The van der Waals surface area contributed by atoms with E-state index in [2.05, 4.69) is 4.98 Å². The summed E-state index contributed by atoms with van der Waals surface area (Å²) in [5, 5.41) is 1.86. The van der Waals surface area contributed by atoms with Crippen LogP contribution in [0.15, 0.2) is 40.9 Å². The minimum absolute atomic E-state index is 0.175. The maximum atomic E-state index is 8.58. The highest BCUT2D eigenvalue weighted by atomic mass is 16.3. The average molecular weight is 366 g/mol. The Balaban J connectivity index is 1.96. The topological polar surface area (TPSA) is 29.9 Å². The van der Waals surface area contributed by atoms with Crippen LogP contribution in [0, 0.1) is 26.7 Å². The number of aromatic nitrogens is 2. The predicted octanol–water partition coefficient (Wildman–Crippen LogP) is 5.60. The molecule has 0 aliphatic rings. The van der Waals surface area contributed by atoms with Gasteiger partial charge in [0, 0.05) is 36.3 Å². The van der Waals surface area contributed by atoms with Gasteiger partial charge in [-0.15, -0.1) is 0 Å². The molecule has 1 aromatic carbocycles. The first kappa shape index (κ1) is 11.9. The molecule has 3 nitrogen and oxygen atoms in total. The van der Waals surface area contributed by atoms with Crippen molar-refractivity contribution >= 4 is 22.1 Å². The van der Waals surface area contributed by atoms with Gasteiger partial charge in [0.2, 0.25) is 11.4 Å². The summed E-state index contributed by atoms with van der Waals surface area (Å²) in [4.78, 5) is 4.52. The molecule has 0 amide bonds. The van der Waals surface area contributed by atoms with Gasteiger partial charge in [0.1, 0.15) is 7.05 Å². The molecule has 0 bridgehead atoms. The molecule has 0 saturated carbocycles. The Hall–Kier alpha value is -2.68. The molecule has 1 unspecified atom stereocenters. The van der Waals surface area contributed by atoms with Gasteiger partial charge in [-0.05, 0) is 56.3 Å². The van der Waals surface area contributed by atoms with Crippen molar-refractivity contribution in [3.05, 3.63) is 58.9 Å². The number of pyridine rings is 2. The first-order chi connectivity index (χ1) is 15.2. The summed E-state index contributed by atoms with van der Waals surface area (Å²) in [5.41, 5.74) is 5.51. The number of hydrogen-bond donors (Lipinski definition) is 0. The number of rotatable bonds is 3. The van der Waals surface area contributed by atoms with Crippen LogP contribution in [0.25, 0.3) is 33.3 Å². The molecule has 0 radical (unpaired) electrons. The molecule has 0 fully saturated rings. The van der Waals surface area contributed by atoms with E-state index in [-0.39, 0.29) is 5.56 Å². The van der Waals surface area contributed by atoms with Gasteiger partial charge in [0.25, 0.3) is 0 Å². The molecule has 0 spiro atoms. The maximum absolute atomic E-state index is 8.58. The summed E-state index contributed by atoms with van der Waals surface area (Å²) in [6, 6.07) is 9.80. The Morgan fingerprint density at radius 2 is 1.96 bits per heavy atom. The van der Waals surface area contributed by atoms with Gasteiger partial charge in [-0.2, -0.15) is 0 Å². The van der Waals surface area contributed by atoms with E-state index in [1.54, 1.807) is 24.7 Å². The monoisotopic (exact) mass is 365 g/mol. The van der Waals surface area contributed by atoms with E-state index < -0.39 is 19.1 Å². The zero-order valence-electron chi connectivity index (χ0n) is 22.3. The number of fused-ring (bicyclic) bond motifs is 3. The van der Waals surface area contributed by atoms with Crippen molar-refractivity contribution in [2.45, 2.75) is 40.9 Å². The third-order valence-electron chi connectivity index (χ3n) is 4.91. The fourth-order valence-corrected chi connectivity index (χ4v) is 3.56.